The molecule has 0 aromatic heterocycles. The molecule has 0 aliphatic carbocycles. The highest BCUT2D eigenvalue weighted by Gasteiger charge is 2.19. The summed E-state index contributed by atoms with van der Waals surface area (Å²) < 4.78 is 17.0. The van der Waals surface area contributed by atoms with Gasteiger partial charge in [-0.25, -0.2) is 0 Å². The van der Waals surface area contributed by atoms with Crippen LogP contribution in [0.4, 0.5) is 0 Å². The van der Waals surface area contributed by atoms with Crippen LogP contribution in [0.5, 0.6) is 0 Å². The molecule has 0 aromatic rings. The van der Waals surface area contributed by atoms with Crippen molar-refractivity contribution < 1.29 is 28.6 Å². The van der Waals surface area contributed by atoms with E-state index in [2.05, 4.69) is 81.5 Å². The highest BCUT2D eigenvalue weighted by atomic mass is 16.6. The average molecular weight is 1090 g/mol. The van der Waals surface area contributed by atoms with Gasteiger partial charge in [-0.15, -0.1) is 0 Å². The first kappa shape index (κ1) is 75.1. The fourth-order valence-electron chi connectivity index (χ4n) is 10.1. The van der Waals surface area contributed by atoms with Gasteiger partial charge in [0.25, 0.3) is 0 Å². The van der Waals surface area contributed by atoms with Crippen molar-refractivity contribution in [2.45, 2.75) is 367 Å². The second-order valence-corrected chi connectivity index (χ2v) is 23.1. The van der Waals surface area contributed by atoms with Crippen molar-refractivity contribution in [3.8, 4) is 0 Å². The van der Waals surface area contributed by atoms with Crippen LogP contribution in [0, 0.1) is 0 Å². The van der Waals surface area contributed by atoms with Crippen molar-refractivity contribution in [3.63, 3.8) is 0 Å². The third-order valence-electron chi connectivity index (χ3n) is 15.3. The van der Waals surface area contributed by atoms with E-state index in [-0.39, 0.29) is 31.1 Å². The number of unbranched alkanes of at least 4 members (excludes halogenated alkanes) is 42. The third kappa shape index (κ3) is 63.9. The first-order chi connectivity index (χ1) is 38.5. The van der Waals surface area contributed by atoms with Crippen molar-refractivity contribution >= 4 is 17.9 Å². The van der Waals surface area contributed by atoms with Crippen LogP contribution >= 0.6 is 0 Å². The lowest BCUT2D eigenvalue weighted by molar-refractivity contribution is -0.167. The molecule has 0 rings (SSSR count). The largest absolute Gasteiger partial charge is 0.462 e. The van der Waals surface area contributed by atoms with E-state index in [0.717, 1.165) is 89.9 Å². The van der Waals surface area contributed by atoms with Crippen LogP contribution in [0.3, 0.4) is 0 Å². The van der Waals surface area contributed by atoms with Crippen LogP contribution in [-0.4, -0.2) is 37.2 Å². The van der Waals surface area contributed by atoms with Gasteiger partial charge < -0.3 is 14.2 Å². The zero-order valence-corrected chi connectivity index (χ0v) is 52.2. The minimum atomic E-state index is -0.776. The number of ether oxygens (including phenoxy) is 3. The zero-order valence-electron chi connectivity index (χ0n) is 52.2. The summed E-state index contributed by atoms with van der Waals surface area (Å²) in [5, 5.41) is 0. The van der Waals surface area contributed by atoms with Crippen LogP contribution in [-0.2, 0) is 28.6 Å². The molecule has 0 fully saturated rings. The number of allylic oxidation sites excluding steroid dienone is 10. The van der Waals surface area contributed by atoms with E-state index in [9.17, 15) is 14.4 Å². The molecule has 0 radical (unpaired) electrons. The maximum Gasteiger partial charge on any atom is 0.306 e. The quantitative estimate of drug-likeness (QED) is 0.0261. The van der Waals surface area contributed by atoms with Crippen LogP contribution in [0.25, 0.3) is 0 Å². The van der Waals surface area contributed by atoms with Crippen molar-refractivity contribution in [3.05, 3.63) is 60.8 Å². The molecule has 454 valence electrons. The van der Waals surface area contributed by atoms with E-state index in [0.29, 0.717) is 19.3 Å². The smallest absolute Gasteiger partial charge is 0.306 e. The number of carbonyl (C=O) groups excluding carboxylic acids is 3. The van der Waals surface area contributed by atoms with E-state index in [4.69, 9.17) is 14.2 Å². The lowest BCUT2D eigenvalue weighted by atomic mass is 10.0. The fraction of sp³-hybridized carbons (Fsp3) is 0.819. The molecule has 78 heavy (non-hydrogen) atoms. The van der Waals surface area contributed by atoms with E-state index < -0.39 is 6.10 Å². The molecule has 1 atom stereocenters. The average Bonchev–Trinajstić information content (AvgIpc) is 3.44. The molecule has 0 aliphatic heterocycles. The maximum absolute atomic E-state index is 12.9. The lowest BCUT2D eigenvalue weighted by Crippen LogP contribution is -2.30. The van der Waals surface area contributed by atoms with Crippen molar-refractivity contribution in [2.75, 3.05) is 13.2 Å². The van der Waals surface area contributed by atoms with E-state index in [1.54, 1.807) is 0 Å². The molecular formula is C72H130O6. The van der Waals surface area contributed by atoms with Gasteiger partial charge in [-0.1, -0.05) is 319 Å². The number of carbonyl (C=O) groups is 3. The molecule has 0 saturated carbocycles. The van der Waals surface area contributed by atoms with Gasteiger partial charge in [-0.3, -0.25) is 14.4 Å². The van der Waals surface area contributed by atoms with Crippen molar-refractivity contribution in [2.24, 2.45) is 0 Å². The highest BCUT2D eigenvalue weighted by molar-refractivity contribution is 5.71. The molecule has 0 aliphatic rings. The molecule has 0 saturated heterocycles. The highest BCUT2D eigenvalue weighted by Crippen LogP contribution is 2.18. The fourth-order valence-corrected chi connectivity index (χ4v) is 10.1. The van der Waals surface area contributed by atoms with Crippen molar-refractivity contribution in [1.82, 2.24) is 0 Å². The van der Waals surface area contributed by atoms with E-state index >= 15 is 0 Å². The molecule has 0 aromatic carbocycles. The summed E-state index contributed by atoms with van der Waals surface area (Å²) in [7, 11) is 0. The predicted octanol–water partition coefficient (Wildman–Crippen LogP) is 23.5. The predicted molar refractivity (Wildman–Crippen MR) is 339 cm³/mol. The molecule has 0 amide bonds. The maximum atomic E-state index is 12.9. The Labute approximate surface area is 485 Å². The Kier molecular flexibility index (Phi) is 64.2. The molecular weight excluding hydrogens is 961 g/mol. The zero-order chi connectivity index (χ0) is 56.4. The Hall–Kier alpha value is -2.89. The van der Waals surface area contributed by atoms with Crippen LogP contribution in [0.2, 0.25) is 0 Å². The van der Waals surface area contributed by atoms with Gasteiger partial charge in [-0.2, -0.15) is 0 Å². The van der Waals surface area contributed by atoms with Crippen molar-refractivity contribution in [1.29, 1.82) is 0 Å². The molecule has 0 heterocycles. The monoisotopic (exact) mass is 1090 g/mol. The summed E-state index contributed by atoms with van der Waals surface area (Å²) in [5.74, 6) is -0.857. The number of esters is 3. The van der Waals surface area contributed by atoms with E-state index in [1.165, 1.54) is 231 Å². The van der Waals surface area contributed by atoms with Gasteiger partial charge in [0.1, 0.15) is 13.2 Å². The summed E-state index contributed by atoms with van der Waals surface area (Å²) >= 11 is 0. The lowest BCUT2D eigenvalue weighted by Gasteiger charge is -2.18. The van der Waals surface area contributed by atoms with Gasteiger partial charge in [0.15, 0.2) is 6.10 Å². The van der Waals surface area contributed by atoms with Gasteiger partial charge in [0.2, 0.25) is 0 Å². The molecule has 0 bridgehead atoms. The SMILES string of the molecule is CC/C=C\C/C=C\C/C=C\C/C=C\CCCCCCCCCCCCCCCCC(=O)OCC(COC(=O)CCCCCCC/C=C\CCCCCCCC)OC(=O)CCCCCCCCCCCCCCCCCCCC. The second kappa shape index (κ2) is 66.6. The van der Waals surface area contributed by atoms with E-state index in [1.807, 2.05) is 0 Å². The summed E-state index contributed by atoms with van der Waals surface area (Å²) in [6.45, 7) is 6.58. The summed E-state index contributed by atoms with van der Waals surface area (Å²) in [4.78, 5) is 38.4. The Morgan fingerprint density at radius 2 is 0.500 bits per heavy atom. The Morgan fingerprint density at radius 3 is 0.795 bits per heavy atom. The Morgan fingerprint density at radius 1 is 0.269 bits per heavy atom. The molecule has 1 unspecified atom stereocenters. The number of rotatable bonds is 63. The molecule has 0 N–H and O–H groups in total. The third-order valence-corrected chi connectivity index (χ3v) is 15.3. The Bertz CT molecular complexity index is 1390. The first-order valence-corrected chi connectivity index (χ1v) is 34.3. The first-order valence-electron chi connectivity index (χ1n) is 34.3. The van der Waals surface area contributed by atoms with Gasteiger partial charge in [-0.05, 0) is 83.5 Å². The summed E-state index contributed by atoms with van der Waals surface area (Å²) in [6.07, 6.45) is 85.2. The van der Waals surface area contributed by atoms with Crippen LogP contribution in [0.1, 0.15) is 361 Å². The molecule has 0 spiro atoms. The van der Waals surface area contributed by atoms with Gasteiger partial charge >= 0.3 is 17.9 Å². The minimum Gasteiger partial charge on any atom is -0.462 e. The number of hydrogen-bond donors (Lipinski definition) is 0. The number of hydrogen-bond acceptors (Lipinski definition) is 6. The van der Waals surface area contributed by atoms with Gasteiger partial charge in [0, 0.05) is 19.3 Å². The normalized spacial score (nSPS) is 12.4. The Balaban J connectivity index is 4.26. The summed E-state index contributed by atoms with van der Waals surface area (Å²) in [6, 6.07) is 0. The van der Waals surface area contributed by atoms with Crippen LogP contribution in [0.15, 0.2) is 60.8 Å². The standard InChI is InChI=1S/C72H130O6/c1-4-7-10-13-16-19-22-25-28-30-32-33-34-35-36-37-38-39-40-42-44-47-50-53-56-59-62-65-71(74)77-68-69(67-76-70(73)64-61-58-55-52-49-46-43-27-24-21-18-15-12-9-6-3)78-72(75)66-63-60-57-54-51-48-45-41-31-29-26-23-20-17-14-11-8-5-2/h7,10,16,19,25,27-28,32-33,43,69H,4-6,8-9,11-15,17-18,20-24,26,29-31,34-42,44-68H2,1-3H3/b10-7-,19-16-,28-25-,33-32-,43-27-. The topological polar surface area (TPSA) is 78.9 Å². The molecule has 6 heteroatoms. The molecule has 6 nitrogen and oxygen atoms in total. The van der Waals surface area contributed by atoms with Gasteiger partial charge in [0.05, 0.1) is 0 Å². The second-order valence-electron chi connectivity index (χ2n) is 23.1. The minimum absolute atomic E-state index is 0.0724. The van der Waals surface area contributed by atoms with Crippen LogP contribution < -0.4 is 0 Å². The summed E-state index contributed by atoms with van der Waals surface area (Å²) in [5.41, 5.74) is 0.